The van der Waals surface area contributed by atoms with Gasteiger partial charge in [-0.15, -0.1) is 11.3 Å². The van der Waals surface area contributed by atoms with Gasteiger partial charge in [0, 0.05) is 25.7 Å². The first kappa shape index (κ1) is 21.4. The Morgan fingerprint density at radius 1 is 0.528 bits per heavy atom. The number of hydrogen-bond donors (Lipinski definition) is 0. The predicted octanol–water partition coefficient (Wildman–Crippen LogP) is 9.76. The Hall–Kier alpha value is -3.86. The van der Waals surface area contributed by atoms with Gasteiger partial charge in [-0.25, -0.2) is 9.97 Å². The summed E-state index contributed by atoms with van der Waals surface area (Å²) in [6.07, 6.45) is 0. The zero-order valence-electron chi connectivity index (χ0n) is 19.2. The normalized spacial score (nSPS) is 11.5. The van der Waals surface area contributed by atoms with E-state index in [4.69, 9.17) is 9.97 Å². The average molecular weight is 543 g/mol. The molecular weight excluding hydrogens is 524 g/mol. The lowest BCUT2D eigenvalue weighted by molar-refractivity contribution is 1.31. The van der Waals surface area contributed by atoms with Gasteiger partial charge in [0.1, 0.15) is 10.3 Å². The summed E-state index contributed by atoms with van der Waals surface area (Å²) in [4.78, 5) is 11.3. The molecule has 36 heavy (non-hydrogen) atoms. The molecule has 0 bridgehead atoms. The molecule has 0 aliphatic rings. The average Bonchev–Trinajstić information content (AvgIpc) is 3.29. The van der Waals surface area contributed by atoms with Crippen molar-refractivity contribution < 1.29 is 0 Å². The van der Waals surface area contributed by atoms with Crippen molar-refractivity contribution in [3.8, 4) is 33.6 Å². The van der Waals surface area contributed by atoms with Crippen molar-refractivity contribution in [2.45, 2.75) is 0 Å². The summed E-state index contributed by atoms with van der Waals surface area (Å²) in [5.74, 6) is 0. The number of nitrogens with zero attached hydrogens (tertiary/aromatic N) is 2. The van der Waals surface area contributed by atoms with E-state index < -0.39 is 0 Å². The van der Waals surface area contributed by atoms with E-state index in [1.807, 2.05) is 30.3 Å². The van der Waals surface area contributed by atoms with Gasteiger partial charge in [-0.1, -0.05) is 107 Å². The molecule has 2 aromatic heterocycles. The maximum absolute atomic E-state index is 5.22. The molecule has 0 fully saturated rings. The van der Waals surface area contributed by atoms with Crippen LogP contribution >= 0.6 is 27.3 Å². The highest BCUT2D eigenvalue weighted by Gasteiger charge is 2.17. The number of hydrogen-bond acceptors (Lipinski definition) is 3. The minimum Gasteiger partial charge on any atom is -0.242 e. The molecule has 0 amide bonds. The first-order chi connectivity index (χ1) is 17.7. The lowest BCUT2D eigenvalue weighted by Gasteiger charge is -2.09. The third-order valence-electron chi connectivity index (χ3n) is 6.54. The van der Waals surface area contributed by atoms with Gasteiger partial charge in [0.15, 0.2) is 0 Å². The van der Waals surface area contributed by atoms with Crippen LogP contribution < -0.4 is 0 Å². The second kappa shape index (κ2) is 8.66. The van der Waals surface area contributed by atoms with Crippen molar-refractivity contribution in [3.05, 3.63) is 120 Å². The molecule has 4 heteroatoms. The lowest BCUT2D eigenvalue weighted by atomic mass is 10.0. The minimum atomic E-state index is 0.899. The number of rotatable bonds is 3. The Labute approximate surface area is 221 Å². The maximum atomic E-state index is 5.22. The smallest absolute Gasteiger partial charge is 0.143 e. The number of fused-ring (bicyclic) bond motifs is 4. The summed E-state index contributed by atoms with van der Waals surface area (Å²) < 4.78 is 2.22. The second-order valence-electron chi connectivity index (χ2n) is 8.83. The molecule has 170 valence electrons. The van der Waals surface area contributed by atoms with E-state index >= 15 is 0 Å². The zero-order valence-corrected chi connectivity index (χ0v) is 21.6. The van der Waals surface area contributed by atoms with Crippen LogP contribution in [-0.2, 0) is 0 Å². The van der Waals surface area contributed by atoms with Crippen molar-refractivity contribution in [3.63, 3.8) is 0 Å². The van der Waals surface area contributed by atoms with Gasteiger partial charge in [0.25, 0.3) is 0 Å². The standard InChI is InChI=1S/C32H19BrN2S/c33-26-12-6-11-25(18-26)30-29(21-8-2-1-3-9-21)34-31-27-16-15-24(19-28(27)36-32(31)35-30)23-14-13-20-7-4-5-10-22(20)17-23/h1-19H. The minimum absolute atomic E-state index is 0.899. The van der Waals surface area contributed by atoms with E-state index in [1.54, 1.807) is 11.3 Å². The topological polar surface area (TPSA) is 25.8 Å². The Balaban J connectivity index is 1.44. The quantitative estimate of drug-likeness (QED) is 0.222. The SMILES string of the molecule is Brc1cccc(-c2nc3sc4cc(-c5ccc6ccccc6c5)ccc4c3nc2-c2ccccc2)c1. The largest absolute Gasteiger partial charge is 0.242 e. The molecule has 7 aromatic rings. The van der Waals surface area contributed by atoms with Gasteiger partial charge in [-0.3, -0.25) is 0 Å². The van der Waals surface area contributed by atoms with Gasteiger partial charge in [-0.05, 0) is 46.2 Å². The van der Waals surface area contributed by atoms with Crippen LogP contribution in [-0.4, -0.2) is 9.97 Å². The van der Waals surface area contributed by atoms with E-state index in [0.29, 0.717) is 0 Å². The van der Waals surface area contributed by atoms with Gasteiger partial charge < -0.3 is 0 Å². The molecule has 0 unspecified atom stereocenters. The summed E-state index contributed by atoms with van der Waals surface area (Å²) in [6.45, 7) is 0. The Kier molecular flexibility index (Phi) is 5.16. The van der Waals surface area contributed by atoms with E-state index in [1.165, 1.54) is 26.6 Å². The van der Waals surface area contributed by atoms with Crippen LogP contribution in [0.5, 0.6) is 0 Å². The highest BCUT2D eigenvalue weighted by molar-refractivity contribution is 9.10. The number of halogens is 1. The third kappa shape index (κ3) is 3.70. The molecular formula is C32H19BrN2S. The van der Waals surface area contributed by atoms with E-state index in [-0.39, 0.29) is 0 Å². The molecule has 0 aliphatic carbocycles. The molecule has 2 nitrogen and oxygen atoms in total. The van der Waals surface area contributed by atoms with Crippen LogP contribution in [0.4, 0.5) is 0 Å². The van der Waals surface area contributed by atoms with E-state index in [0.717, 1.165) is 42.7 Å². The molecule has 0 atom stereocenters. The van der Waals surface area contributed by atoms with Gasteiger partial charge in [-0.2, -0.15) is 0 Å². The lowest BCUT2D eigenvalue weighted by Crippen LogP contribution is -1.94. The number of benzene rings is 5. The number of aromatic nitrogens is 2. The van der Waals surface area contributed by atoms with Crippen LogP contribution in [0.15, 0.2) is 120 Å². The monoisotopic (exact) mass is 542 g/mol. The fourth-order valence-corrected chi connectivity index (χ4v) is 6.21. The Bertz CT molecular complexity index is 1910. The van der Waals surface area contributed by atoms with Gasteiger partial charge in [0.05, 0.1) is 11.4 Å². The summed E-state index contributed by atoms with van der Waals surface area (Å²) in [5.41, 5.74) is 7.29. The number of thiophene rings is 1. The molecule has 2 heterocycles. The van der Waals surface area contributed by atoms with Crippen molar-refractivity contribution in [2.75, 3.05) is 0 Å². The Morgan fingerprint density at radius 3 is 2.11 bits per heavy atom. The molecule has 0 spiro atoms. The van der Waals surface area contributed by atoms with Crippen LogP contribution in [0, 0.1) is 0 Å². The van der Waals surface area contributed by atoms with E-state index in [9.17, 15) is 0 Å². The fourth-order valence-electron chi connectivity index (χ4n) is 4.76. The molecule has 7 rings (SSSR count). The molecule has 0 saturated heterocycles. The first-order valence-electron chi connectivity index (χ1n) is 11.8. The van der Waals surface area contributed by atoms with Crippen molar-refractivity contribution in [1.82, 2.24) is 9.97 Å². The maximum Gasteiger partial charge on any atom is 0.143 e. The molecule has 0 N–H and O–H groups in total. The van der Waals surface area contributed by atoms with Gasteiger partial charge in [0.2, 0.25) is 0 Å². The van der Waals surface area contributed by atoms with Crippen LogP contribution in [0.2, 0.25) is 0 Å². The molecule has 0 saturated carbocycles. The van der Waals surface area contributed by atoms with Crippen LogP contribution in [0.25, 0.3) is 64.8 Å². The molecule has 0 radical (unpaired) electrons. The van der Waals surface area contributed by atoms with Crippen molar-refractivity contribution in [1.29, 1.82) is 0 Å². The molecule has 5 aromatic carbocycles. The van der Waals surface area contributed by atoms with Gasteiger partial charge >= 0.3 is 0 Å². The first-order valence-corrected chi connectivity index (χ1v) is 13.4. The molecule has 0 aliphatic heterocycles. The predicted molar refractivity (Wildman–Crippen MR) is 156 cm³/mol. The Morgan fingerprint density at radius 2 is 1.25 bits per heavy atom. The second-order valence-corrected chi connectivity index (χ2v) is 10.8. The van der Waals surface area contributed by atoms with Crippen LogP contribution in [0.3, 0.4) is 0 Å². The van der Waals surface area contributed by atoms with Crippen molar-refractivity contribution >= 4 is 58.5 Å². The highest BCUT2D eigenvalue weighted by Crippen LogP contribution is 2.39. The van der Waals surface area contributed by atoms with Crippen LogP contribution in [0.1, 0.15) is 0 Å². The van der Waals surface area contributed by atoms with E-state index in [2.05, 4.69) is 101 Å². The summed E-state index contributed by atoms with van der Waals surface area (Å²) in [7, 11) is 0. The van der Waals surface area contributed by atoms with Crippen molar-refractivity contribution in [2.24, 2.45) is 0 Å². The summed E-state index contributed by atoms with van der Waals surface area (Å²) in [5, 5.41) is 3.65. The summed E-state index contributed by atoms with van der Waals surface area (Å²) in [6, 6.07) is 40.4. The third-order valence-corrected chi connectivity index (χ3v) is 8.06. The summed E-state index contributed by atoms with van der Waals surface area (Å²) >= 11 is 5.32. The zero-order chi connectivity index (χ0) is 24.1. The highest BCUT2D eigenvalue weighted by atomic mass is 79.9. The fraction of sp³-hybridized carbons (Fsp3) is 0.